The number of hydrogen-bond acceptors (Lipinski definition) is 3. The molecule has 0 radical (unpaired) electrons. The van der Waals surface area contributed by atoms with Gasteiger partial charge in [0.15, 0.2) is 0 Å². The van der Waals surface area contributed by atoms with Crippen LogP contribution in [0.2, 0.25) is 5.02 Å². The summed E-state index contributed by atoms with van der Waals surface area (Å²) in [6, 6.07) is 4.40. The molecule has 0 bridgehead atoms. The molecule has 4 N–H and O–H groups in total. The molecule has 4 nitrogen and oxygen atoms in total. The van der Waals surface area contributed by atoms with E-state index in [4.69, 9.17) is 17.3 Å². The van der Waals surface area contributed by atoms with Crippen molar-refractivity contribution in [3.8, 4) is 5.75 Å². The van der Waals surface area contributed by atoms with Crippen LogP contribution < -0.4 is 11.1 Å². The van der Waals surface area contributed by atoms with Crippen LogP contribution in [0, 0.1) is 0 Å². The minimum Gasteiger partial charge on any atom is -0.506 e. The minimum atomic E-state index is -0.220. The molecule has 1 aromatic carbocycles. The summed E-state index contributed by atoms with van der Waals surface area (Å²) in [4.78, 5) is 11.6. The topological polar surface area (TPSA) is 75.3 Å². The SMILES string of the molecule is CC(N)CCNC(=O)c1ccc(O)c(Cl)c1. The zero-order chi connectivity index (χ0) is 12.1. The van der Waals surface area contributed by atoms with Gasteiger partial charge in [0.05, 0.1) is 5.02 Å². The van der Waals surface area contributed by atoms with E-state index in [9.17, 15) is 9.90 Å². The number of rotatable bonds is 4. The Hall–Kier alpha value is -1.26. The highest BCUT2D eigenvalue weighted by atomic mass is 35.5. The number of aromatic hydroxyl groups is 1. The molecule has 1 aromatic rings. The molecule has 0 aliphatic carbocycles. The Labute approximate surface area is 99.4 Å². The third-order valence-electron chi connectivity index (χ3n) is 2.10. The lowest BCUT2D eigenvalue weighted by molar-refractivity contribution is 0.0953. The molecule has 5 heteroatoms. The molecule has 0 aliphatic heterocycles. The van der Waals surface area contributed by atoms with Crippen molar-refractivity contribution in [2.24, 2.45) is 5.73 Å². The third kappa shape index (κ3) is 3.72. The molecular formula is C11H15ClN2O2. The van der Waals surface area contributed by atoms with Crippen molar-refractivity contribution < 1.29 is 9.90 Å². The van der Waals surface area contributed by atoms with E-state index in [2.05, 4.69) is 5.32 Å². The number of nitrogens with one attached hydrogen (secondary N) is 1. The van der Waals surface area contributed by atoms with Gasteiger partial charge < -0.3 is 16.2 Å². The van der Waals surface area contributed by atoms with E-state index in [0.29, 0.717) is 12.1 Å². The number of amides is 1. The average Bonchev–Trinajstić information content (AvgIpc) is 2.21. The molecule has 1 atom stereocenters. The van der Waals surface area contributed by atoms with Gasteiger partial charge in [-0.05, 0) is 31.5 Å². The normalized spacial score (nSPS) is 12.2. The molecule has 0 aromatic heterocycles. The minimum absolute atomic E-state index is 0.0335. The van der Waals surface area contributed by atoms with Crippen LogP contribution in [0.5, 0.6) is 5.75 Å². The zero-order valence-electron chi connectivity index (χ0n) is 9.03. The standard InChI is InChI=1S/C11H15ClN2O2/c1-7(13)4-5-14-11(16)8-2-3-10(15)9(12)6-8/h2-3,6-7,15H,4-5,13H2,1H3,(H,14,16). The molecule has 0 fully saturated rings. The van der Waals surface area contributed by atoms with E-state index in [1.54, 1.807) is 0 Å². The van der Waals surface area contributed by atoms with Crippen LogP contribution in [-0.2, 0) is 0 Å². The van der Waals surface area contributed by atoms with Gasteiger partial charge >= 0.3 is 0 Å². The molecule has 0 heterocycles. The maximum Gasteiger partial charge on any atom is 0.251 e. The first kappa shape index (κ1) is 12.8. The highest BCUT2D eigenvalue weighted by Crippen LogP contribution is 2.23. The Morgan fingerprint density at radius 2 is 2.31 bits per heavy atom. The molecule has 0 aliphatic rings. The fourth-order valence-corrected chi connectivity index (χ4v) is 1.34. The van der Waals surface area contributed by atoms with Gasteiger partial charge in [-0.3, -0.25) is 4.79 Å². The van der Waals surface area contributed by atoms with Gasteiger partial charge in [0.1, 0.15) is 5.75 Å². The van der Waals surface area contributed by atoms with Crippen LogP contribution in [0.1, 0.15) is 23.7 Å². The van der Waals surface area contributed by atoms with Crippen LogP contribution in [0.4, 0.5) is 0 Å². The Morgan fingerprint density at radius 1 is 1.62 bits per heavy atom. The zero-order valence-corrected chi connectivity index (χ0v) is 9.79. The third-order valence-corrected chi connectivity index (χ3v) is 2.40. The molecule has 1 amide bonds. The summed E-state index contributed by atoms with van der Waals surface area (Å²) in [5.74, 6) is -0.253. The number of nitrogens with two attached hydrogens (primary N) is 1. The van der Waals surface area contributed by atoms with Crippen molar-refractivity contribution in [2.75, 3.05) is 6.54 Å². The fraction of sp³-hybridized carbons (Fsp3) is 0.364. The second-order valence-electron chi connectivity index (χ2n) is 3.69. The van der Waals surface area contributed by atoms with E-state index in [1.807, 2.05) is 6.92 Å². The summed E-state index contributed by atoms with van der Waals surface area (Å²) in [6.07, 6.45) is 0.720. The van der Waals surface area contributed by atoms with Gasteiger partial charge in [-0.15, -0.1) is 0 Å². The van der Waals surface area contributed by atoms with Crippen molar-refractivity contribution >= 4 is 17.5 Å². The van der Waals surface area contributed by atoms with Gasteiger partial charge in [-0.2, -0.15) is 0 Å². The van der Waals surface area contributed by atoms with Crippen molar-refractivity contribution in [1.29, 1.82) is 0 Å². The number of halogens is 1. The van der Waals surface area contributed by atoms with Gasteiger partial charge in [-0.1, -0.05) is 11.6 Å². The number of carbonyl (C=O) groups is 1. The number of phenols is 1. The van der Waals surface area contributed by atoms with Crippen molar-refractivity contribution in [3.05, 3.63) is 28.8 Å². The van der Waals surface area contributed by atoms with Gasteiger partial charge in [0.25, 0.3) is 5.91 Å². The maximum absolute atomic E-state index is 11.6. The fourth-order valence-electron chi connectivity index (χ4n) is 1.16. The van der Waals surface area contributed by atoms with Crippen LogP contribution in [0.15, 0.2) is 18.2 Å². The van der Waals surface area contributed by atoms with Crippen LogP contribution in [0.3, 0.4) is 0 Å². The maximum atomic E-state index is 11.6. The number of carbonyl (C=O) groups excluding carboxylic acids is 1. The van der Waals surface area contributed by atoms with Crippen molar-refractivity contribution in [1.82, 2.24) is 5.32 Å². The first-order valence-corrected chi connectivity index (χ1v) is 5.41. The predicted molar refractivity (Wildman–Crippen MR) is 63.7 cm³/mol. The first-order valence-electron chi connectivity index (χ1n) is 5.03. The predicted octanol–water partition coefficient (Wildman–Crippen LogP) is 1.51. The molecule has 0 spiro atoms. The van der Waals surface area contributed by atoms with E-state index < -0.39 is 0 Å². The smallest absolute Gasteiger partial charge is 0.251 e. The number of phenolic OH excluding ortho intramolecular Hbond substituents is 1. The molecule has 0 saturated heterocycles. The lowest BCUT2D eigenvalue weighted by atomic mass is 10.2. The Kier molecular flexibility index (Phi) is 4.58. The molecule has 1 unspecified atom stereocenters. The molecule has 1 rings (SSSR count). The highest BCUT2D eigenvalue weighted by molar-refractivity contribution is 6.32. The monoisotopic (exact) mass is 242 g/mol. The number of benzene rings is 1. The summed E-state index contributed by atoms with van der Waals surface area (Å²) >= 11 is 5.69. The van der Waals surface area contributed by atoms with Crippen LogP contribution in [-0.4, -0.2) is 23.6 Å². The summed E-state index contributed by atoms with van der Waals surface area (Å²) in [6.45, 7) is 2.40. The van der Waals surface area contributed by atoms with E-state index >= 15 is 0 Å². The average molecular weight is 243 g/mol. The van der Waals surface area contributed by atoms with Crippen molar-refractivity contribution in [2.45, 2.75) is 19.4 Å². The Balaban J connectivity index is 2.56. The van der Waals surface area contributed by atoms with Crippen LogP contribution >= 0.6 is 11.6 Å². The largest absolute Gasteiger partial charge is 0.506 e. The lowest BCUT2D eigenvalue weighted by Gasteiger charge is -2.07. The van der Waals surface area contributed by atoms with Crippen LogP contribution in [0.25, 0.3) is 0 Å². The van der Waals surface area contributed by atoms with Gasteiger partial charge in [0, 0.05) is 18.2 Å². The molecular weight excluding hydrogens is 228 g/mol. The first-order chi connectivity index (χ1) is 7.50. The second-order valence-corrected chi connectivity index (χ2v) is 4.10. The Bertz CT molecular complexity index is 380. The summed E-state index contributed by atoms with van der Waals surface area (Å²) in [5, 5.41) is 12.1. The quantitative estimate of drug-likeness (QED) is 0.749. The van der Waals surface area contributed by atoms with Crippen molar-refractivity contribution in [3.63, 3.8) is 0 Å². The van der Waals surface area contributed by atoms with E-state index in [1.165, 1.54) is 18.2 Å². The Morgan fingerprint density at radius 3 is 2.88 bits per heavy atom. The van der Waals surface area contributed by atoms with E-state index in [-0.39, 0.29) is 22.7 Å². The summed E-state index contributed by atoms with van der Waals surface area (Å²) in [7, 11) is 0. The van der Waals surface area contributed by atoms with Gasteiger partial charge in [-0.25, -0.2) is 0 Å². The lowest BCUT2D eigenvalue weighted by Crippen LogP contribution is -2.28. The molecule has 0 saturated carbocycles. The second kappa shape index (κ2) is 5.72. The number of hydrogen-bond donors (Lipinski definition) is 3. The van der Waals surface area contributed by atoms with Gasteiger partial charge in [0.2, 0.25) is 0 Å². The van der Waals surface area contributed by atoms with E-state index in [0.717, 1.165) is 6.42 Å². The molecule has 88 valence electrons. The highest BCUT2D eigenvalue weighted by Gasteiger charge is 2.07. The summed E-state index contributed by atoms with van der Waals surface area (Å²) < 4.78 is 0. The molecule has 16 heavy (non-hydrogen) atoms. The summed E-state index contributed by atoms with van der Waals surface area (Å²) in [5.41, 5.74) is 5.98.